The van der Waals surface area contributed by atoms with E-state index < -0.39 is 5.97 Å². The van der Waals surface area contributed by atoms with Gasteiger partial charge in [0, 0.05) is 6.04 Å². The molecule has 0 aromatic rings. The van der Waals surface area contributed by atoms with Gasteiger partial charge < -0.3 is 10.4 Å². The molecule has 2 N–H and O–H groups in total. The number of amides is 1. The van der Waals surface area contributed by atoms with Crippen molar-refractivity contribution in [2.24, 2.45) is 0 Å². The van der Waals surface area contributed by atoms with Crippen molar-refractivity contribution in [1.82, 2.24) is 5.32 Å². The molecule has 1 amide bonds. The number of carbonyl (C=O) groups excluding carboxylic acids is 1. The summed E-state index contributed by atoms with van der Waals surface area (Å²) in [5, 5.41) is 11.9. The van der Waals surface area contributed by atoms with Crippen molar-refractivity contribution in [1.29, 1.82) is 0 Å². The van der Waals surface area contributed by atoms with E-state index in [1.54, 1.807) is 11.8 Å². The van der Waals surface area contributed by atoms with Crippen LogP contribution in [0.2, 0.25) is 0 Å². The summed E-state index contributed by atoms with van der Waals surface area (Å²) in [6, 6.07) is -0.234. The van der Waals surface area contributed by atoms with Crippen LogP contribution < -0.4 is 5.32 Å². The van der Waals surface area contributed by atoms with Crippen LogP contribution in [-0.2, 0) is 9.59 Å². The predicted molar refractivity (Wildman–Crippen MR) is 66.7 cm³/mol. The molecule has 0 spiro atoms. The first-order chi connectivity index (χ1) is 7.45. The van der Waals surface area contributed by atoms with Crippen LogP contribution in [0.5, 0.6) is 0 Å². The van der Waals surface area contributed by atoms with E-state index in [2.05, 4.69) is 5.32 Å². The second-order valence-corrected chi connectivity index (χ2v) is 5.58. The van der Waals surface area contributed by atoms with Gasteiger partial charge in [-0.1, -0.05) is 27.2 Å². The van der Waals surface area contributed by atoms with Crippen LogP contribution in [-0.4, -0.2) is 34.0 Å². The van der Waals surface area contributed by atoms with Crippen LogP contribution in [0.15, 0.2) is 0 Å². The van der Waals surface area contributed by atoms with E-state index in [1.165, 1.54) is 0 Å². The van der Waals surface area contributed by atoms with Crippen LogP contribution in [0.25, 0.3) is 0 Å². The van der Waals surface area contributed by atoms with Crippen LogP contribution in [0.4, 0.5) is 0 Å². The lowest BCUT2D eigenvalue weighted by Gasteiger charge is -2.16. The molecule has 0 bridgehead atoms. The molecule has 0 radical (unpaired) electrons. The van der Waals surface area contributed by atoms with Crippen LogP contribution in [0.1, 0.15) is 40.0 Å². The number of hydrogen-bond acceptors (Lipinski definition) is 3. The number of rotatable bonds is 8. The van der Waals surface area contributed by atoms with Gasteiger partial charge in [-0.3, -0.25) is 9.59 Å². The molecule has 5 heteroatoms. The Balaban J connectivity index is 3.97. The smallest absolute Gasteiger partial charge is 0.305 e. The quantitative estimate of drug-likeness (QED) is 0.687. The average molecular weight is 247 g/mol. The van der Waals surface area contributed by atoms with Crippen molar-refractivity contribution < 1.29 is 14.7 Å². The monoisotopic (exact) mass is 247 g/mol. The predicted octanol–water partition coefficient (Wildman–Crippen LogP) is 1.89. The maximum absolute atomic E-state index is 11.5. The zero-order chi connectivity index (χ0) is 12.6. The Labute approximate surface area is 101 Å². The van der Waals surface area contributed by atoms with Crippen LogP contribution in [0, 0.1) is 0 Å². The molecular formula is C11H21NO3S. The minimum Gasteiger partial charge on any atom is -0.481 e. The van der Waals surface area contributed by atoms with Gasteiger partial charge in [-0.15, -0.1) is 11.8 Å². The number of carboxylic acids is 1. The molecule has 0 rings (SSSR count). The molecule has 0 saturated carbocycles. The zero-order valence-corrected chi connectivity index (χ0v) is 11.0. The van der Waals surface area contributed by atoms with Gasteiger partial charge in [0.15, 0.2) is 0 Å². The summed E-state index contributed by atoms with van der Waals surface area (Å²) in [6.45, 7) is 6.03. The van der Waals surface area contributed by atoms with Gasteiger partial charge in [-0.05, 0) is 11.7 Å². The second kappa shape index (κ2) is 8.44. The Hall–Kier alpha value is -0.710. The summed E-state index contributed by atoms with van der Waals surface area (Å²) < 4.78 is 0. The molecule has 0 aromatic carbocycles. The van der Waals surface area contributed by atoms with E-state index in [4.69, 9.17) is 5.11 Å². The fourth-order valence-corrected chi connectivity index (χ4v) is 1.86. The van der Waals surface area contributed by atoms with E-state index in [1.807, 2.05) is 20.8 Å². The van der Waals surface area contributed by atoms with Gasteiger partial charge in [0.2, 0.25) is 5.91 Å². The molecular weight excluding hydrogens is 226 g/mol. The Bertz CT molecular complexity index is 231. The molecule has 0 aromatic heterocycles. The summed E-state index contributed by atoms with van der Waals surface area (Å²) in [6.07, 6.45) is 1.59. The van der Waals surface area contributed by atoms with Crippen LogP contribution >= 0.6 is 11.8 Å². The highest BCUT2D eigenvalue weighted by atomic mass is 32.2. The Morgan fingerprint density at radius 2 is 2.00 bits per heavy atom. The second-order valence-electron chi connectivity index (χ2n) is 4.01. The molecule has 1 unspecified atom stereocenters. The number of carbonyl (C=O) groups is 2. The van der Waals surface area contributed by atoms with E-state index >= 15 is 0 Å². The van der Waals surface area contributed by atoms with Gasteiger partial charge >= 0.3 is 5.97 Å². The molecule has 1 atom stereocenters. The van der Waals surface area contributed by atoms with Crippen molar-refractivity contribution in [3.63, 3.8) is 0 Å². The highest BCUT2D eigenvalue weighted by molar-refractivity contribution is 8.00. The summed E-state index contributed by atoms with van der Waals surface area (Å²) >= 11 is 1.56. The summed E-state index contributed by atoms with van der Waals surface area (Å²) in [5.74, 6) is -0.536. The van der Waals surface area contributed by atoms with Gasteiger partial charge in [0.05, 0.1) is 12.2 Å². The average Bonchev–Trinajstić information content (AvgIpc) is 2.14. The number of thioether (sulfide) groups is 1. The van der Waals surface area contributed by atoms with E-state index in [-0.39, 0.29) is 18.4 Å². The third kappa shape index (κ3) is 8.59. The number of carboxylic acid groups (broad SMARTS) is 1. The van der Waals surface area contributed by atoms with Crippen molar-refractivity contribution in [3.05, 3.63) is 0 Å². The number of aliphatic carboxylic acids is 1. The third-order valence-corrected chi connectivity index (χ3v) is 3.07. The first kappa shape index (κ1) is 15.3. The van der Waals surface area contributed by atoms with Crippen molar-refractivity contribution in [3.8, 4) is 0 Å². The van der Waals surface area contributed by atoms with Gasteiger partial charge in [0.25, 0.3) is 0 Å². The zero-order valence-electron chi connectivity index (χ0n) is 10.2. The molecule has 0 aliphatic rings. The molecule has 0 fully saturated rings. The first-order valence-electron chi connectivity index (χ1n) is 5.58. The maximum Gasteiger partial charge on any atom is 0.305 e. The molecule has 0 aliphatic heterocycles. The van der Waals surface area contributed by atoms with E-state index in [9.17, 15) is 9.59 Å². The summed E-state index contributed by atoms with van der Waals surface area (Å²) in [4.78, 5) is 22.1. The Morgan fingerprint density at radius 1 is 1.38 bits per heavy atom. The minimum absolute atomic E-state index is 0.00588. The fourth-order valence-electron chi connectivity index (χ4n) is 1.30. The lowest BCUT2D eigenvalue weighted by atomic mass is 10.1. The lowest BCUT2D eigenvalue weighted by molar-refractivity contribution is -0.137. The molecule has 16 heavy (non-hydrogen) atoms. The number of hydrogen-bond donors (Lipinski definition) is 2. The maximum atomic E-state index is 11.5. The topological polar surface area (TPSA) is 66.4 Å². The molecule has 0 heterocycles. The molecule has 94 valence electrons. The highest BCUT2D eigenvalue weighted by Crippen LogP contribution is 2.09. The fraction of sp³-hybridized carbons (Fsp3) is 0.818. The highest BCUT2D eigenvalue weighted by Gasteiger charge is 2.15. The van der Waals surface area contributed by atoms with Crippen molar-refractivity contribution in [2.45, 2.75) is 51.3 Å². The molecule has 4 nitrogen and oxygen atoms in total. The minimum atomic E-state index is -0.865. The summed E-state index contributed by atoms with van der Waals surface area (Å²) in [7, 11) is 0. The Kier molecular flexibility index (Phi) is 8.07. The largest absolute Gasteiger partial charge is 0.481 e. The van der Waals surface area contributed by atoms with Crippen molar-refractivity contribution >= 4 is 23.6 Å². The van der Waals surface area contributed by atoms with E-state index in [0.29, 0.717) is 17.4 Å². The van der Waals surface area contributed by atoms with Crippen LogP contribution in [0.3, 0.4) is 0 Å². The lowest BCUT2D eigenvalue weighted by Crippen LogP contribution is -2.37. The standard InChI is InChI=1S/C11H21NO3S/c1-4-5-9(6-11(14)15)12-10(13)7-16-8(2)3/h8-9H,4-7H2,1-3H3,(H,12,13)(H,14,15). The van der Waals surface area contributed by atoms with Gasteiger partial charge in [-0.25, -0.2) is 0 Å². The first-order valence-corrected chi connectivity index (χ1v) is 6.63. The summed E-state index contributed by atoms with van der Waals surface area (Å²) in [5.41, 5.74) is 0. The SMILES string of the molecule is CCCC(CC(=O)O)NC(=O)CSC(C)C. The van der Waals surface area contributed by atoms with Gasteiger partial charge in [0.1, 0.15) is 0 Å². The van der Waals surface area contributed by atoms with Crippen molar-refractivity contribution in [2.75, 3.05) is 5.75 Å². The van der Waals surface area contributed by atoms with Gasteiger partial charge in [-0.2, -0.15) is 0 Å². The third-order valence-electron chi connectivity index (χ3n) is 1.97. The Morgan fingerprint density at radius 3 is 2.44 bits per heavy atom. The van der Waals surface area contributed by atoms with E-state index in [0.717, 1.165) is 6.42 Å². The molecule has 0 aliphatic carbocycles. The number of nitrogens with one attached hydrogen (secondary N) is 1. The molecule has 0 saturated heterocycles. The normalized spacial score (nSPS) is 12.5.